The first-order valence-corrected chi connectivity index (χ1v) is 23.0. The molecule has 0 saturated heterocycles. The van der Waals surface area contributed by atoms with Crippen LogP contribution in [0.4, 0.5) is 34.1 Å². The van der Waals surface area contributed by atoms with Gasteiger partial charge in [-0.3, -0.25) is 0 Å². The smallest absolute Gasteiger partial charge is 0.132 e. The molecule has 0 unspecified atom stereocenters. The highest BCUT2D eigenvalue weighted by molar-refractivity contribution is 7.26. The SMILES string of the molecule is c1ccc(N(c2ccccc2)c2cccc(-c3ccc(N(c4ccc5c(c4)-c4ccccc4C54c5ccccc5Oc5ccccc54)c4cccc5c4sc4ccccc45)cc3)c2)cc1. The molecule has 306 valence electrons. The van der Waals surface area contributed by atoms with Crippen molar-refractivity contribution in [3.05, 3.63) is 265 Å². The van der Waals surface area contributed by atoms with Crippen LogP contribution in [0.25, 0.3) is 42.4 Å². The molecule has 65 heavy (non-hydrogen) atoms. The Morgan fingerprint density at radius 3 is 1.62 bits per heavy atom. The van der Waals surface area contributed by atoms with Crippen molar-refractivity contribution in [2.75, 3.05) is 9.80 Å². The molecule has 4 heteroatoms. The predicted molar refractivity (Wildman–Crippen MR) is 272 cm³/mol. The minimum absolute atomic E-state index is 0.529. The van der Waals surface area contributed by atoms with Gasteiger partial charge >= 0.3 is 0 Å². The van der Waals surface area contributed by atoms with Crippen LogP contribution in [0, 0.1) is 0 Å². The maximum atomic E-state index is 6.63. The molecule has 0 radical (unpaired) electrons. The molecule has 0 amide bonds. The van der Waals surface area contributed by atoms with Crippen molar-refractivity contribution in [2.24, 2.45) is 0 Å². The molecule has 3 nitrogen and oxygen atoms in total. The molecule has 1 aromatic heterocycles. The van der Waals surface area contributed by atoms with Gasteiger partial charge in [0.1, 0.15) is 11.5 Å². The number of para-hydroxylation sites is 4. The van der Waals surface area contributed by atoms with Gasteiger partial charge in [-0.1, -0.05) is 158 Å². The number of thiophene rings is 1. The number of fused-ring (bicyclic) bond motifs is 12. The third-order valence-electron chi connectivity index (χ3n) is 13.3. The van der Waals surface area contributed by atoms with Crippen molar-refractivity contribution in [1.29, 1.82) is 0 Å². The zero-order valence-corrected chi connectivity index (χ0v) is 36.1. The van der Waals surface area contributed by atoms with E-state index in [1.54, 1.807) is 0 Å². The molecule has 0 N–H and O–H groups in total. The number of anilines is 6. The van der Waals surface area contributed by atoms with Gasteiger partial charge in [-0.05, 0) is 118 Å². The average Bonchev–Trinajstić information content (AvgIpc) is 3.90. The molecule has 1 aliphatic carbocycles. The predicted octanol–water partition coefficient (Wildman–Crippen LogP) is 17.1. The zero-order valence-electron chi connectivity index (χ0n) is 35.3. The van der Waals surface area contributed by atoms with Crippen LogP contribution < -0.4 is 14.5 Å². The maximum Gasteiger partial charge on any atom is 0.132 e. The monoisotopic (exact) mass is 848 g/mol. The number of rotatable bonds is 7. The molecule has 0 saturated carbocycles. The second-order valence-corrected chi connectivity index (χ2v) is 17.9. The molecule has 0 atom stereocenters. The third kappa shape index (κ3) is 5.81. The van der Waals surface area contributed by atoms with Gasteiger partial charge in [-0.15, -0.1) is 11.3 Å². The Bertz CT molecular complexity index is 3510. The van der Waals surface area contributed by atoms with Crippen LogP contribution >= 0.6 is 11.3 Å². The van der Waals surface area contributed by atoms with Gasteiger partial charge in [0.05, 0.1) is 15.8 Å². The van der Waals surface area contributed by atoms with Gasteiger partial charge in [0, 0.05) is 55.0 Å². The number of ether oxygens (including phenoxy) is 1. The highest BCUT2D eigenvalue weighted by Gasteiger charge is 2.51. The van der Waals surface area contributed by atoms with Crippen LogP contribution in [0.5, 0.6) is 11.5 Å². The maximum absolute atomic E-state index is 6.63. The van der Waals surface area contributed by atoms with E-state index in [9.17, 15) is 0 Å². The number of hydrogen-bond acceptors (Lipinski definition) is 4. The van der Waals surface area contributed by atoms with E-state index in [0.29, 0.717) is 0 Å². The largest absolute Gasteiger partial charge is 0.457 e. The van der Waals surface area contributed by atoms with E-state index < -0.39 is 5.41 Å². The van der Waals surface area contributed by atoms with Crippen LogP contribution in [0.15, 0.2) is 243 Å². The highest BCUT2D eigenvalue weighted by Crippen LogP contribution is 2.62. The van der Waals surface area contributed by atoms with E-state index >= 15 is 0 Å². The summed E-state index contributed by atoms with van der Waals surface area (Å²) in [4.78, 5) is 4.78. The molecule has 2 aliphatic rings. The van der Waals surface area contributed by atoms with Gasteiger partial charge in [0.2, 0.25) is 0 Å². The zero-order chi connectivity index (χ0) is 42.9. The Morgan fingerprint density at radius 1 is 0.338 bits per heavy atom. The van der Waals surface area contributed by atoms with E-state index in [2.05, 4.69) is 252 Å². The summed E-state index contributed by atoms with van der Waals surface area (Å²) in [5.74, 6) is 1.80. The Morgan fingerprint density at radius 2 is 0.877 bits per heavy atom. The normalized spacial score (nSPS) is 12.9. The average molecular weight is 849 g/mol. The molecular weight excluding hydrogens is 809 g/mol. The lowest BCUT2D eigenvalue weighted by molar-refractivity contribution is 0.436. The van der Waals surface area contributed by atoms with Crippen molar-refractivity contribution >= 4 is 65.6 Å². The first kappa shape index (κ1) is 37.4. The summed E-state index contributed by atoms with van der Waals surface area (Å²) in [5.41, 5.74) is 15.8. The topological polar surface area (TPSA) is 15.7 Å². The van der Waals surface area contributed by atoms with Crippen molar-refractivity contribution in [2.45, 2.75) is 5.41 Å². The summed E-state index contributed by atoms with van der Waals surface area (Å²) in [7, 11) is 0. The van der Waals surface area contributed by atoms with E-state index in [1.165, 1.54) is 53.6 Å². The fourth-order valence-electron chi connectivity index (χ4n) is 10.6. The van der Waals surface area contributed by atoms with Gasteiger partial charge in [-0.25, -0.2) is 0 Å². The summed E-state index contributed by atoms with van der Waals surface area (Å²) in [6.07, 6.45) is 0. The summed E-state index contributed by atoms with van der Waals surface area (Å²) in [6.45, 7) is 0. The lowest BCUT2D eigenvalue weighted by Gasteiger charge is -2.39. The molecule has 1 aliphatic heterocycles. The minimum atomic E-state index is -0.529. The summed E-state index contributed by atoms with van der Waals surface area (Å²) in [5, 5.41) is 2.55. The molecule has 10 aromatic carbocycles. The summed E-state index contributed by atoms with van der Waals surface area (Å²) >= 11 is 1.86. The molecule has 13 rings (SSSR count). The minimum Gasteiger partial charge on any atom is -0.457 e. The second kappa shape index (κ2) is 15.0. The Balaban J connectivity index is 0.979. The summed E-state index contributed by atoms with van der Waals surface area (Å²) < 4.78 is 9.17. The molecule has 11 aromatic rings. The van der Waals surface area contributed by atoms with Crippen molar-refractivity contribution < 1.29 is 4.74 Å². The molecule has 1 spiro atoms. The van der Waals surface area contributed by atoms with Crippen LogP contribution in [0.2, 0.25) is 0 Å². The quantitative estimate of drug-likeness (QED) is 0.159. The fourth-order valence-corrected chi connectivity index (χ4v) is 11.8. The van der Waals surface area contributed by atoms with Crippen LogP contribution in [0.1, 0.15) is 22.3 Å². The lowest BCUT2D eigenvalue weighted by Crippen LogP contribution is -2.32. The van der Waals surface area contributed by atoms with E-state index in [0.717, 1.165) is 56.8 Å². The molecule has 0 fully saturated rings. The van der Waals surface area contributed by atoms with Gasteiger partial charge < -0.3 is 14.5 Å². The molecule has 0 bridgehead atoms. The van der Waals surface area contributed by atoms with Crippen LogP contribution in [0.3, 0.4) is 0 Å². The number of hydrogen-bond donors (Lipinski definition) is 0. The van der Waals surface area contributed by atoms with E-state index in [-0.39, 0.29) is 0 Å². The standard InChI is InChI=1S/C61H40N2OS/c1-3-18-43(19-4-1)62(44-20-5-2-6-21-44)46-22-15-17-42(39-46)41-33-35-45(36-34-41)63(56-29-16-25-50-49-24-8-14-32-59(49)65-60(50)56)47-37-38-53-51(40-47)48-23-7-9-26-52(48)61(53)54-27-10-12-30-57(54)64-58-31-13-11-28-55(58)61/h1-40H. The summed E-state index contributed by atoms with van der Waals surface area (Å²) in [6, 6.07) is 87.9. The number of nitrogens with zero attached hydrogens (tertiary/aromatic N) is 2. The van der Waals surface area contributed by atoms with Crippen LogP contribution in [-0.2, 0) is 5.41 Å². The van der Waals surface area contributed by atoms with E-state index in [1.807, 2.05) is 11.3 Å². The number of benzene rings is 10. The first-order chi connectivity index (χ1) is 32.2. The Kier molecular flexibility index (Phi) is 8.62. The van der Waals surface area contributed by atoms with Crippen LogP contribution in [-0.4, -0.2) is 0 Å². The Labute approximate surface area is 382 Å². The molecular formula is C61H40N2OS. The lowest BCUT2D eigenvalue weighted by atomic mass is 9.66. The van der Waals surface area contributed by atoms with Crippen molar-refractivity contribution in [1.82, 2.24) is 0 Å². The van der Waals surface area contributed by atoms with Gasteiger partial charge in [0.15, 0.2) is 0 Å². The van der Waals surface area contributed by atoms with Crippen molar-refractivity contribution in [3.8, 4) is 33.8 Å². The first-order valence-electron chi connectivity index (χ1n) is 22.2. The third-order valence-corrected chi connectivity index (χ3v) is 14.5. The highest BCUT2D eigenvalue weighted by atomic mass is 32.1. The van der Waals surface area contributed by atoms with Gasteiger partial charge in [0.25, 0.3) is 0 Å². The second-order valence-electron chi connectivity index (χ2n) is 16.8. The van der Waals surface area contributed by atoms with Crippen molar-refractivity contribution in [3.63, 3.8) is 0 Å². The Hall–Kier alpha value is -8.18. The van der Waals surface area contributed by atoms with Gasteiger partial charge in [-0.2, -0.15) is 0 Å². The molecule has 2 heterocycles. The van der Waals surface area contributed by atoms with E-state index in [4.69, 9.17) is 4.74 Å². The fraction of sp³-hybridized carbons (Fsp3) is 0.0164.